The highest BCUT2D eigenvalue weighted by molar-refractivity contribution is 14.1. The average Bonchev–Trinajstić information content (AvgIpc) is 2.43. The van der Waals surface area contributed by atoms with Crippen molar-refractivity contribution < 1.29 is 9.52 Å². The molecule has 0 fully saturated rings. The van der Waals surface area contributed by atoms with Crippen molar-refractivity contribution in [1.29, 1.82) is 0 Å². The number of aromatic nitrogens is 1. The molecule has 100 valence electrons. The summed E-state index contributed by atoms with van der Waals surface area (Å²) in [5, 5.41) is 10.0. The van der Waals surface area contributed by atoms with Crippen molar-refractivity contribution in [2.75, 3.05) is 0 Å². The number of para-hydroxylation sites is 1. The predicted molar refractivity (Wildman–Crippen MR) is 87.8 cm³/mol. The van der Waals surface area contributed by atoms with Crippen LogP contribution in [0.2, 0.25) is 0 Å². The van der Waals surface area contributed by atoms with E-state index < -0.39 is 0 Å². The lowest BCUT2D eigenvalue weighted by Crippen LogP contribution is -2.01. The number of aromatic hydroxyl groups is 1. The maximum atomic E-state index is 12.1. The Labute approximate surface area is 135 Å². The number of fused-ring (bicyclic) bond motifs is 1. The van der Waals surface area contributed by atoms with Crippen molar-refractivity contribution in [3.63, 3.8) is 0 Å². The second kappa shape index (κ2) is 5.17. The van der Waals surface area contributed by atoms with Gasteiger partial charge < -0.3 is 9.52 Å². The molecule has 0 amide bonds. The predicted octanol–water partition coefficient (Wildman–Crippen LogP) is 3.93. The van der Waals surface area contributed by atoms with E-state index in [0.717, 1.165) is 0 Å². The molecule has 3 rings (SSSR count). The largest absolute Gasteiger partial charge is 0.505 e. The molecule has 0 radical (unpaired) electrons. The molecular weight excluding hydrogens is 437 g/mol. The quantitative estimate of drug-likeness (QED) is 0.457. The van der Waals surface area contributed by atoms with Crippen LogP contribution in [0, 0.1) is 3.70 Å². The van der Waals surface area contributed by atoms with Crippen LogP contribution < -0.4 is 5.43 Å². The molecule has 0 unspecified atom stereocenters. The molecule has 0 spiro atoms. The molecule has 2 heterocycles. The average molecular weight is 444 g/mol. The molecule has 0 aliphatic heterocycles. The Morgan fingerprint density at radius 3 is 2.80 bits per heavy atom. The minimum atomic E-state index is -0.132. The molecule has 1 aromatic carbocycles. The normalized spacial score (nSPS) is 10.9. The number of hydrogen-bond donors (Lipinski definition) is 1. The van der Waals surface area contributed by atoms with Gasteiger partial charge in [-0.2, -0.15) is 0 Å². The molecule has 4 nitrogen and oxygen atoms in total. The van der Waals surface area contributed by atoms with E-state index >= 15 is 0 Å². The van der Waals surface area contributed by atoms with Gasteiger partial charge in [0.15, 0.2) is 16.8 Å². The van der Waals surface area contributed by atoms with Crippen LogP contribution in [0.5, 0.6) is 5.75 Å². The van der Waals surface area contributed by atoms with Crippen molar-refractivity contribution in [3.05, 3.63) is 54.8 Å². The third-order valence-corrected chi connectivity index (χ3v) is 4.21. The number of hydrogen-bond acceptors (Lipinski definition) is 4. The zero-order valence-corrected chi connectivity index (χ0v) is 13.7. The van der Waals surface area contributed by atoms with Gasteiger partial charge in [0, 0.05) is 6.07 Å². The molecule has 0 aliphatic rings. The van der Waals surface area contributed by atoms with Gasteiger partial charge in [0.1, 0.15) is 15.1 Å². The van der Waals surface area contributed by atoms with Gasteiger partial charge in [-0.3, -0.25) is 4.79 Å². The topological polar surface area (TPSA) is 63.3 Å². The molecule has 1 N–H and O–H groups in total. The van der Waals surface area contributed by atoms with Crippen LogP contribution in [0.15, 0.2) is 50.1 Å². The van der Waals surface area contributed by atoms with Crippen LogP contribution in [0.4, 0.5) is 0 Å². The highest BCUT2D eigenvalue weighted by Gasteiger charge is 2.11. The third-order valence-electron chi connectivity index (χ3n) is 2.79. The lowest BCUT2D eigenvalue weighted by atomic mass is 10.2. The van der Waals surface area contributed by atoms with E-state index in [2.05, 4.69) is 20.9 Å². The minimum absolute atomic E-state index is 0.0960. The van der Waals surface area contributed by atoms with Crippen LogP contribution in [0.25, 0.3) is 22.4 Å². The molecular formula is C14H7BrINO3. The Morgan fingerprint density at radius 2 is 2.05 bits per heavy atom. The minimum Gasteiger partial charge on any atom is -0.505 e. The fraction of sp³-hybridized carbons (Fsp3) is 0. The molecule has 20 heavy (non-hydrogen) atoms. The first-order valence-corrected chi connectivity index (χ1v) is 7.51. The van der Waals surface area contributed by atoms with Crippen molar-refractivity contribution in [2.45, 2.75) is 0 Å². The van der Waals surface area contributed by atoms with Gasteiger partial charge in [-0.15, -0.1) is 0 Å². The summed E-state index contributed by atoms with van der Waals surface area (Å²) >= 11 is 5.29. The molecule has 0 aliphatic carbocycles. The summed E-state index contributed by atoms with van der Waals surface area (Å²) in [5.41, 5.74) is 0.856. The van der Waals surface area contributed by atoms with E-state index in [9.17, 15) is 9.90 Å². The summed E-state index contributed by atoms with van der Waals surface area (Å²) in [5.74, 6) is 0.464. The smallest absolute Gasteiger partial charge is 0.193 e. The zero-order chi connectivity index (χ0) is 14.3. The van der Waals surface area contributed by atoms with Gasteiger partial charge in [0.2, 0.25) is 0 Å². The van der Waals surface area contributed by atoms with Crippen molar-refractivity contribution >= 4 is 49.5 Å². The fourth-order valence-electron chi connectivity index (χ4n) is 1.83. The van der Waals surface area contributed by atoms with Gasteiger partial charge in [-0.1, -0.05) is 6.07 Å². The number of rotatable bonds is 1. The zero-order valence-electron chi connectivity index (χ0n) is 9.93. The first kappa shape index (κ1) is 13.6. The summed E-state index contributed by atoms with van der Waals surface area (Å²) in [6.45, 7) is 0. The van der Waals surface area contributed by atoms with E-state index in [1.807, 2.05) is 28.7 Å². The Morgan fingerprint density at radius 1 is 1.25 bits per heavy atom. The maximum absolute atomic E-state index is 12.1. The molecule has 0 saturated heterocycles. The SMILES string of the molecule is O=c1cc(-c2ccc(O)c(I)n2)oc2c(Br)cccc12. The number of benzene rings is 1. The highest BCUT2D eigenvalue weighted by atomic mass is 127. The highest BCUT2D eigenvalue weighted by Crippen LogP contribution is 2.28. The molecule has 3 aromatic rings. The van der Waals surface area contributed by atoms with E-state index in [1.165, 1.54) is 12.1 Å². The molecule has 0 saturated carbocycles. The maximum Gasteiger partial charge on any atom is 0.193 e. The first-order valence-electron chi connectivity index (χ1n) is 5.64. The Bertz CT molecular complexity index is 876. The lowest BCUT2D eigenvalue weighted by Gasteiger charge is -2.05. The van der Waals surface area contributed by atoms with Gasteiger partial charge >= 0.3 is 0 Å². The molecule has 2 aromatic heterocycles. The second-order valence-electron chi connectivity index (χ2n) is 4.10. The van der Waals surface area contributed by atoms with Crippen LogP contribution in [0.3, 0.4) is 0 Å². The molecule has 0 atom stereocenters. The summed E-state index contributed by atoms with van der Waals surface area (Å²) in [7, 11) is 0. The van der Waals surface area contributed by atoms with Crippen molar-refractivity contribution in [3.8, 4) is 17.2 Å². The molecule has 0 bridgehead atoms. The van der Waals surface area contributed by atoms with E-state index in [-0.39, 0.29) is 11.2 Å². The van der Waals surface area contributed by atoms with E-state index in [1.54, 1.807) is 18.2 Å². The molecule has 6 heteroatoms. The first-order chi connectivity index (χ1) is 9.56. The Balaban J connectivity index is 2.29. The summed E-state index contributed by atoms with van der Waals surface area (Å²) in [6.07, 6.45) is 0. The Hall–Kier alpha value is -1.41. The number of nitrogens with zero attached hydrogens (tertiary/aromatic N) is 1. The lowest BCUT2D eigenvalue weighted by molar-refractivity contribution is 0.468. The monoisotopic (exact) mass is 443 g/mol. The summed E-state index contributed by atoms with van der Waals surface area (Å²) in [6, 6.07) is 9.84. The second-order valence-corrected chi connectivity index (χ2v) is 5.97. The Kier molecular flexibility index (Phi) is 3.51. The van der Waals surface area contributed by atoms with Crippen LogP contribution in [-0.2, 0) is 0 Å². The van der Waals surface area contributed by atoms with E-state index in [4.69, 9.17) is 4.42 Å². The van der Waals surface area contributed by atoms with Gasteiger partial charge in [0.05, 0.1) is 9.86 Å². The van der Waals surface area contributed by atoms with Crippen LogP contribution in [0.1, 0.15) is 0 Å². The van der Waals surface area contributed by atoms with Crippen LogP contribution >= 0.6 is 38.5 Å². The van der Waals surface area contributed by atoms with Gasteiger partial charge in [-0.25, -0.2) is 4.98 Å². The standard InChI is InChI=1S/C14H7BrINO3/c15-8-3-1-2-7-11(19)6-12(20-13(7)8)9-4-5-10(18)14(16)17-9/h1-6,18H. The summed E-state index contributed by atoms with van der Waals surface area (Å²) < 4.78 is 6.92. The number of pyridine rings is 1. The summed E-state index contributed by atoms with van der Waals surface area (Å²) in [4.78, 5) is 16.3. The van der Waals surface area contributed by atoms with Crippen LogP contribution in [-0.4, -0.2) is 10.1 Å². The van der Waals surface area contributed by atoms with Gasteiger partial charge in [0.25, 0.3) is 0 Å². The fourth-order valence-corrected chi connectivity index (χ4v) is 2.72. The van der Waals surface area contributed by atoms with Gasteiger partial charge in [-0.05, 0) is 62.8 Å². The van der Waals surface area contributed by atoms with Crippen molar-refractivity contribution in [1.82, 2.24) is 4.98 Å². The van der Waals surface area contributed by atoms with E-state index in [0.29, 0.717) is 30.6 Å². The third kappa shape index (κ3) is 2.33. The number of halogens is 2. The van der Waals surface area contributed by atoms with Crippen molar-refractivity contribution in [2.24, 2.45) is 0 Å².